The van der Waals surface area contributed by atoms with Crippen LogP contribution in [0, 0.1) is 0 Å². The van der Waals surface area contributed by atoms with Crippen molar-refractivity contribution in [3.8, 4) is 0 Å². The summed E-state index contributed by atoms with van der Waals surface area (Å²) in [5, 5.41) is 0.551. The van der Waals surface area contributed by atoms with Crippen LogP contribution in [0.1, 0.15) is 29.6 Å². The maximum absolute atomic E-state index is 5.79. The second kappa shape index (κ2) is 4.11. The van der Waals surface area contributed by atoms with Gasteiger partial charge in [0.15, 0.2) is 0 Å². The fourth-order valence-corrected chi connectivity index (χ4v) is 3.58. The molecule has 2 aromatic heterocycles. The third kappa shape index (κ3) is 1.53. The fraction of sp³-hybridized carbons (Fsp3) is 0.417. The monoisotopic (exact) mass is 233 g/mol. The molecule has 0 spiro atoms. The number of rotatable bonds is 2. The summed E-state index contributed by atoms with van der Waals surface area (Å²) in [6.45, 7) is 0.568. The molecule has 84 valence electrons. The number of thioether (sulfide) groups is 1. The van der Waals surface area contributed by atoms with Gasteiger partial charge in [-0.2, -0.15) is 11.8 Å². The van der Waals surface area contributed by atoms with Crippen molar-refractivity contribution in [2.24, 2.45) is 5.73 Å². The summed E-state index contributed by atoms with van der Waals surface area (Å²) in [6, 6.07) is 6.22. The molecule has 0 aliphatic carbocycles. The molecule has 1 atom stereocenters. The second-order valence-electron chi connectivity index (χ2n) is 4.10. The number of pyridine rings is 1. The molecule has 0 radical (unpaired) electrons. The lowest BCUT2D eigenvalue weighted by atomic mass is 10.2. The molecular formula is C12H15N3S. The molecule has 1 unspecified atom stereocenters. The average Bonchev–Trinajstić information content (AvgIpc) is 2.96. The summed E-state index contributed by atoms with van der Waals surface area (Å²) in [4.78, 5) is 4.57. The molecule has 3 nitrogen and oxygen atoms in total. The van der Waals surface area contributed by atoms with E-state index in [1.54, 1.807) is 0 Å². The molecular weight excluding hydrogens is 218 g/mol. The van der Waals surface area contributed by atoms with E-state index in [9.17, 15) is 0 Å². The highest BCUT2D eigenvalue weighted by Crippen LogP contribution is 2.39. The van der Waals surface area contributed by atoms with Crippen LogP contribution in [0.4, 0.5) is 0 Å². The van der Waals surface area contributed by atoms with E-state index in [0.29, 0.717) is 11.8 Å². The van der Waals surface area contributed by atoms with E-state index in [0.717, 1.165) is 11.2 Å². The molecule has 1 aliphatic heterocycles. The van der Waals surface area contributed by atoms with Crippen LogP contribution in [0.3, 0.4) is 0 Å². The largest absolute Gasteiger partial charge is 0.325 e. The Morgan fingerprint density at radius 1 is 1.50 bits per heavy atom. The minimum atomic E-state index is 0.551. The summed E-state index contributed by atoms with van der Waals surface area (Å²) in [5.41, 5.74) is 8.10. The molecule has 1 aliphatic rings. The van der Waals surface area contributed by atoms with Crippen LogP contribution in [0.5, 0.6) is 0 Å². The summed E-state index contributed by atoms with van der Waals surface area (Å²) in [6.07, 6.45) is 4.49. The molecule has 16 heavy (non-hydrogen) atoms. The SMILES string of the molecule is NCc1cccc2cnc(C3CCCS3)n12. The Bertz CT molecular complexity index is 500. The van der Waals surface area contributed by atoms with Gasteiger partial charge in [0, 0.05) is 12.2 Å². The minimum absolute atomic E-state index is 0.551. The van der Waals surface area contributed by atoms with Crippen molar-refractivity contribution in [1.82, 2.24) is 9.38 Å². The lowest BCUT2D eigenvalue weighted by molar-refractivity contribution is 0.759. The lowest BCUT2D eigenvalue weighted by Crippen LogP contribution is -2.07. The van der Waals surface area contributed by atoms with Crippen molar-refractivity contribution in [2.45, 2.75) is 24.6 Å². The van der Waals surface area contributed by atoms with Gasteiger partial charge >= 0.3 is 0 Å². The average molecular weight is 233 g/mol. The summed E-state index contributed by atoms with van der Waals surface area (Å²) in [5.74, 6) is 2.43. The first kappa shape index (κ1) is 10.2. The molecule has 4 heteroatoms. The van der Waals surface area contributed by atoms with Gasteiger partial charge in [-0.05, 0) is 30.7 Å². The van der Waals surface area contributed by atoms with Gasteiger partial charge in [0.05, 0.1) is 17.0 Å². The molecule has 3 rings (SSSR count). The molecule has 0 amide bonds. The van der Waals surface area contributed by atoms with Crippen molar-refractivity contribution in [1.29, 1.82) is 0 Å². The van der Waals surface area contributed by atoms with Crippen LogP contribution in [0.25, 0.3) is 5.52 Å². The minimum Gasteiger partial charge on any atom is -0.325 e. The Balaban J connectivity index is 2.16. The standard InChI is InChI=1S/C12H15N3S/c13-7-9-3-1-4-10-8-14-12(15(9)10)11-5-2-6-16-11/h1,3-4,8,11H,2,5-7,13H2. The van der Waals surface area contributed by atoms with Gasteiger partial charge in [-0.15, -0.1) is 0 Å². The molecule has 2 aromatic rings. The van der Waals surface area contributed by atoms with Crippen LogP contribution in [0.2, 0.25) is 0 Å². The van der Waals surface area contributed by atoms with Crippen molar-refractivity contribution in [2.75, 3.05) is 5.75 Å². The number of hydrogen-bond acceptors (Lipinski definition) is 3. The lowest BCUT2D eigenvalue weighted by Gasteiger charge is -2.10. The highest BCUT2D eigenvalue weighted by atomic mass is 32.2. The Hall–Kier alpha value is -1.00. The van der Waals surface area contributed by atoms with Gasteiger partial charge in [-0.25, -0.2) is 4.98 Å². The summed E-state index contributed by atoms with van der Waals surface area (Å²) >= 11 is 2.01. The highest BCUT2D eigenvalue weighted by molar-refractivity contribution is 7.99. The zero-order valence-corrected chi connectivity index (χ0v) is 9.91. The Morgan fingerprint density at radius 2 is 2.44 bits per heavy atom. The first-order chi connectivity index (χ1) is 7.90. The number of imidazole rings is 1. The van der Waals surface area contributed by atoms with Gasteiger partial charge in [0.25, 0.3) is 0 Å². The fourth-order valence-electron chi connectivity index (χ4n) is 2.31. The molecule has 0 bridgehead atoms. The molecule has 1 fully saturated rings. The quantitative estimate of drug-likeness (QED) is 0.866. The van der Waals surface area contributed by atoms with Gasteiger partial charge in [0.2, 0.25) is 0 Å². The molecule has 3 heterocycles. The first-order valence-electron chi connectivity index (χ1n) is 5.67. The van der Waals surface area contributed by atoms with Crippen LogP contribution in [-0.2, 0) is 6.54 Å². The smallest absolute Gasteiger partial charge is 0.126 e. The van der Waals surface area contributed by atoms with E-state index in [-0.39, 0.29) is 0 Å². The zero-order chi connectivity index (χ0) is 11.0. The second-order valence-corrected chi connectivity index (χ2v) is 5.41. The third-order valence-electron chi connectivity index (χ3n) is 3.09. The Kier molecular flexibility index (Phi) is 2.61. The molecule has 1 saturated heterocycles. The third-order valence-corrected chi connectivity index (χ3v) is 4.46. The van der Waals surface area contributed by atoms with Gasteiger partial charge < -0.3 is 5.73 Å². The summed E-state index contributed by atoms with van der Waals surface area (Å²) in [7, 11) is 0. The number of nitrogens with two attached hydrogens (primary N) is 1. The van der Waals surface area contributed by atoms with Crippen molar-refractivity contribution < 1.29 is 0 Å². The normalized spacial score (nSPS) is 20.7. The van der Waals surface area contributed by atoms with Crippen LogP contribution in [0.15, 0.2) is 24.4 Å². The predicted octanol–water partition coefficient (Wildman–Crippen LogP) is 2.36. The first-order valence-corrected chi connectivity index (χ1v) is 6.72. The Labute approximate surface area is 99.1 Å². The number of fused-ring (bicyclic) bond motifs is 1. The van der Waals surface area contributed by atoms with Crippen LogP contribution in [-0.4, -0.2) is 15.1 Å². The predicted molar refractivity (Wildman–Crippen MR) is 67.5 cm³/mol. The van der Waals surface area contributed by atoms with E-state index in [4.69, 9.17) is 5.73 Å². The van der Waals surface area contributed by atoms with E-state index in [2.05, 4.69) is 21.5 Å². The topological polar surface area (TPSA) is 43.3 Å². The van der Waals surface area contributed by atoms with Crippen molar-refractivity contribution in [3.05, 3.63) is 35.9 Å². The zero-order valence-electron chi connectivity index (χ0n) is 9.10. The van der Waals surface area contributed by atoms with Crippen LogP contribution < -0.4 is 5.73 Å². The van der Waals surface area contributed by atoms with Gasteiger partial charge in [-0.1, -0.05) is 6.07 Å². The van der Waals surface area contributed by atoms with E-state index in [1.165, 1.54) is 24.4 Å². The van der Waals surface area contributed by atoms with Crippen molar-refractivity contribution >= 4 is 17.3 Å². The van der Waals surface area contributed by atoms with Crippen LogP contribution >= 0.6 is 11.8 Å². The molecule has 2 N–H and O–H groups in total. The number of nitrogens with zero attached hydrogens (tertiary/aromatic N) is 2. The van der Waals surface area contributed by atoms with Gasteiger partial charge in [-0.3, -0.25) is 4.40 Å². The maximum Gasteiger partial charge on any atom is 0.126 e. The van der Waals surface area contributed by atoms with E-state index >= 15 is 0 Å². The molecule has 0 saturated carbocycles. The molecule has 0 aromatic carbocycles. The van der Waals surface area contributed by atoms with E-state index < -0.39 is 0 Å². The summed E-state index contributed by atoms with van der Waals surface area (Å²) < 4.78 is 2.23. The Morgan fingerprint density at radius 3 is 3.19 bits per heavy atom. The maximum atomic E-state index is 5.79. The van der Waals surface area contributed by atoms with Crippen molar-refractivity contribution in [3.63, 3.8) is 0 Å². The van der Waals surface area contributed by atoms with E-state index in [1.807, 2.05) is 24.0 Å². The number of hydrogen-bond donors (Lipinski definition) is 1. The highest BCUT2D eigenvalue weighted by Gasteiger charge is 2.22. The number of aromatic nitrogens is 2. The van der Waals surface area contributed by atoms with Gasteiger partial charge in [0.1, 0.15) is 5.82 Å².